The van der Waals surface area contributed by atoms with E-state index < -0.39 is 12.1 Å². The molecule has 0 unspecified atom stereocenters. The van der Waals surface area contributed by atoms with Crippen molar-refractivity contribution in [1.29, 1.82) is 0 Å². The molecule has 0 aromatic heterocycles. The van der Waals surface area contributed by atoms with E-state index in [4.69, 9.17) is 0 Å². The molecule has 0 heterocycles. The third-order valence-corrected chi connectivity index (χ3v) is 1.67. The van der Waals surface area contributed by atoms with Crippen LogP contribution >= 0.6 is 0 Å². The molecule has 0 aliphatic carbocycles. The normalized spacial score (nSPS) is 11.6. The third kappa shape index (κ3) is 2.59. The Balaban J connectivity index is 3.85. The third-order valence-electron chi connectivity index (χ3n) is 1.67. The fraction of sp³-hybridized carbons (Fsp3) is 0.857. The van der Waals surface area contributed by atoms with Crippen molar-refractivity contribution in [2.75, 3.05) is 6.67 Å². The molecule has 54 valence electrons. The van der Waals surface area contributed by atoms with Crippen molar-refractivity contribution in [3.8, 4) is 0 Å². The van der Waals surface area contributed by atoms with Crippen molar-refractivity contribution >= 4 is 5.78 Å². The first kappa shape index (κ1) is 8.60. The summed E-state index contributed by atoms with van der Waals surface area (Å²) in [5, 5.41) is 0. The minimum atomic E-state index is -0.464. The van der Waals surface area contributed by atoms with Crippen LogP contribution in [-0.2, 0) is 4.79 Å². The lowest BCUT2D eigenvalue weighted by Gasteiger charge is -2.17. The number of ketones is 1. The Labute approximate surface area is 55.3 Å². The fourth-order valence-corrected chi connectivity index (χ4v) is 0.412. The molecular formula is C7H13FO. The second kappa shape index (κ2) is 2.95. The lowest BCUT2D eigenvalue weighted by Crippen LogP contribution is -2.21. The monoisotopic (exact) mass is 132 g/mol. The van der Waals surface area contributed by atoms with Gasteiger partial charge < -0.3 is 0 Å². The van der Waals surface area contributed by atoms with Crippen molar-refractivity contribution in [2.45, 2.75) is 27.2 Å². The molecule has 0 fully saturated rings. The van der Waals surface area contributed by atoms with E-state index >= 15 is 0 Å². The zero-order chi connectivity index (χ0) is 7.49. The van der Waals surface area contributed by atoms with Gasteiger partial charge in [0.25, 0.3) is 0 Å². The molecule has 0 aromatic carbocycles. The fourth-order valence-electron chi connectivity index (χ4n) is 0.412. The molecule has 0 saturated heterocycles. The zero-order valence-corrected chi connectivity index (χ0v) is 6.20. The largest absolute Gasteiger partial charge is 0.299 e. The Kier molecular flexibility index (Phi) is 2.82. The van der Waals surface area contributed by atoms with Gasteiger partial charge in [0, 0.05) is 5.41 Å². The molecule has 0 aliphatic rings. The summed E-state index contributed by atoms with van der Waals surface area (Å²) in [4.78, 5) is 10.7. The molecule has 0 N–H and O–H groups in total. The number of hydrogen-bond acceptors (Lipinski definition) is 1. The Morgan fingerprint density at radius 2 is 2.00 bits per heavy atom. The maximum absolute atomic E-state index is 11.7. The topological polar surface area (TPSA) is 17.1 Å². The summed E-state index contributed by atoms with van der Waals surface area (Å²) in [5.41, 5.74) is -0.464. The predicted octanol–water partition coefficient (Wildman–Crippen LogP) is 1.96. The highest BCUT2D eigenvalue weighted by atomic mass is 19.1. The van der Waals surface area contributed by atoms with E-state index in [1.165, 1.54) is 6.92 Å². The molecule has 0 saturated carbocycles. The Hall–Kier alpha value is -0.400. The van der Waals surface area contributed by atoms with Crippen LogP contribution in [0, 0.1) is 5.41 Å². The van der Waals surface area contributed by atoms with Crippen molar-refractivity contribution in [2.24, 2.45) is 5.41 Å². The Morgan fingerprint density at radius 1 is 1.56 bits per heavy atom. The lowest BCUT2D eigenvalue weighted by atomic mass is 9.86. The molecule has 1 nitrogen and oxygen atoms in total. The molecular weight excluding hydrogens is 119 g/mol. The number of halogens is 1. The van der Waals surface area contributed by atoms with E-state index in [0.717, 1.165) is 0 Å². The molecule has 0 spiro atoms. The molecule has 0 radical (unpaired) electrons. The van der Waals surface area contributed by atoms with Gasteiger partial charge in [-0.1, -0.05) is 13.8 Å². The second-order valence-corrected chi connectivity index (χ2v) is 2.88. The number of carbonyl (C=O) groups is 1. The zero-order valence-electron chi connectivity index (χ0n) is 6.20. The molecule has 9 heavy (non-hydrogen) atoms. The van der Waals surface area contributed by atoms with E-state index in [1.54, 1.807) is 13.8 Å². The molecule has 0 amide bonds. The molecule has 0 aliphatic heterocycles. The number of Topliss-reactive ketones (excluding diaryl/α,β-unsaturated/α-hetero) is 1. The van der Waals surface area contributed by atoms with E-state index in [0.29, 0.717) is 6.42 Å². The number of rotatable bonds is 3. The van der Waals surface area contributed by atoms with Crippen LogP contribution in [0.1, 0.15) is 27.2 Å². The first-order valence-electron chi connectivity index (χ1n) is 3.07. The SMILES string of the molecule is CC(=O)C(C)(C)CCF. The minimum Gasteiger partial charge on any atom is -0.299 e. The van der Waals surface area contributed by atoms with Gasteiger partial charge in [0.15, 0.2) is 0 Å². The number of hydrogen-bond donors (Lipinski definition) is 0. The Morgan fingerprint density at radius 3 is 2.11 bits per heavy atom. The lowest BCUT2D eigenvalue weighted by molar-refractivity contribution is -0.125. The molecule has 0 aromatic rings. The van der Waals surface area contributed by atoms with Crippen molar-refractivity contribution in [3.05, 3.63) is 0 Å². The van der Waals surface area contributed by atoms with Gasteiger partial charge >= 0.3 is 0 Å². The summed E-state index contributed by atoms with van der Waals surface area (Å²) in [5.74, 6) is 0.0557. The van der Waals surface area contributed by atoms with Crippen LogP contribution in [0.25, 0.3) is 0 Å². The van der Waals surface area contributed by atoms with Crippen LogP contribution in [0.15, 0.2) is 0 Å². The summed E-state index contributed by atoms with van der Waals surface area (Å²) in [6.45, 7) is 4.60. The minimum absolute atomic E-state index is 0.0557. The summed E-state index contributed by atoms with van der Waals surface area (Å²) < 4.78 is 11.7. The average molecular weight is 132 g/mol. The van der Waals surface area contributed by atoms with Gasteiger partial charge in [-0.2, -0.15) is 0 Å². The summed E-state index contributed by atoms with van der Waals surface area (Å²) in [6, 6.07) is 0. The molecule has 0 bridgehead atoms. The van der Waals surface area contributed by atoms with Gasteiger partial charge in [0.2, 0.25) is 0 Å². The number of carbonyl (C=O) groups excluding carboxylic acids is 1. The molecule has 0 atom stereocenters. The van der Waals surface area contributed by atoms with Gasteiger partial charge in [-0.15, -0.1) is 0 Å². The van der Waals surface area contributed by atoms with Crippen LogP contribution in [0.3, 0.4) is 0 Å². The summed E-state index contributed by atoms with van der Waals surface area (Å²) in [6.07, 6.45) is 0.336. The van der Waals surface area contributed by atoms with Crippen LogP contribution < -0.4 is 0 Å². The van der Waals surface area contributed by atoms with Crippen LogP contribution in [0.4, 0.5) is 4.39 Å². The van der Waals surface area contributed by atoms with Gasteiger partial charge in [0.1, 0.15) is 5.78 Å². The first-order valence-corrected chi connectivity index (χ1v) is 3.07. The summed E-state index contributed by atoms with van der Waals surface area (Å²) in [7, 11) is 0. The van der Waals surface area contributed by atoms with Gasteiger partial charge in [0.05, 0.1) is 6.67 Å². The first-order chi connectivity index (χ1) is 4.00. The maximum Gasteiger partial charge on any atom is 0.135 e. The highest BCUT2D eigenvalue weighted by Gasteiger charge is 2.22. The van der Waals surface area contributed by atoms with E-state index in [2.05, 4.69) is 0 Å². The maximum atomic E-state index is 11.7. The highest BCUT2D eigenvalue weighted by Crippen LogP contribution is 2.20. The van der Waals surface area contributed by atoms with Gasteiger partial charge in [-0.3, -0.25) is 9.18 Å². The van der Waals surface area contributed by atoms with Crippen LogP contribution in [-0.4, -0.2) is 12.5 Å². The smallest absolute Gasteiger partial charge is 0.135 e. The number of alkyl halides is 1. The predicted molar refractivity (Wildman–Crippen MR) is 35.1 cm³/mol. The quantitative estimate of drug-likeness (QED) is 0.573. The van der Waals surface area contributed by atoms with Crippen LogP contribution in [0.5, 0.6) is 0 Å². The molecule has 0 rings (SSSR count). The van der Waals surface area contributed by atoms with Crippen molar-refractivity contribution in [3.63, 3.8) is 0 Å². The van der Waals surface area contributed by atoms with Gasteiger partial charge in [-0.05, 0) is 13.3 Å². The van der Waals surface area contributed by atoms with Crippen molar-refractivity contribution in [1.82, 2.24) is 0 Å². The standard InChI is InChI=1S/C7H13FO/c1-6(9)7(2,3)4-5-8/h4-5H2,1-3H3. The Bertz CT molecular complexity index is 107. The van der Waals surface area contributed by atoms with Crippen molar-refractivity contribution < 1.29 is 9.18 Å². The van der Waals surface area contributed by atoms with E-state index in [1.807, 2.05) is 0 Å². The second-order valence-electron chi connectivity index (χ2n) is 2.88. The average Bonchev–Trinajstić information content (AvgIpc) is 1.65. The summed E-state index contributed by atoms with van der Waals surface area (Å²) >= 11 is 0. The van der Waals surface area contributed by atoms with E-state index in [9.17, 15) is 9.18 Å². The van der Waals surface area contributed by atoms with E-state index in [-0.39, 0.29) is 5.78 Å². The van der Waals surface area contributed by atoms with Crippen LogP contribution in [0.2, 0.25) is 0 Å². The molecule has 2 heteroatoms. The van der Waals surface area contributed by atoms with Gasteiger partial charge in [-0.25, -0.2) is 0 Å². The highest BCUT2D eigenvalue weighted by molar-refractivity contribution is 5.81.